The fraction of sp³-hybridized carbons (Fsp3) is 0.111. The lowest BCUT2D eigenvalue weighted by Gasteiger charge is -2.06. The monoisotopic (exact) mass is 290 g/mol. The van der Waals surface area contributed by atoms with Gasteiger partial charge in [0.15, 0.2) is 4.90 Å². The predicted octanol–water partition coefficient (Wildman–Crippen LogP) is 0.892. The summed E-state index contributed by atoms with van der Waals surface area (Å²) in [6, 6.07) is 2.60. The SMILES string of the molecule is COc1n[nH]c(NS(=O)(=O)c2c(F)cccc2F)n1. The number of anilines is 1. The number of sulfonamides is 1. The van der Waals surface area contributed by atoms with Crippen LogP contribution in [-0.2, 0) is 10.0 Å². The van der Waals surface area contributed by atoms with Crippen molar-refractivity contribution >= 4 is 16.0 Å². The molecule has 0 aliphatic heterocycles. The zero-order valence-electron chi connectivity index (χ0n) is 9.52. The van der Waals surface area contributed by atoms with Crippen molar-refractivity contribution < 1.29 is 21.9 Å². The highest BCUT2D eigenvalue weighted by molar-refractivity contribution is 7.92. The van der Waals surface area contributed by atoms with Crippen molar-refractivity contribution in [2.45, 2.75) is 4.90 Å². The second-order valence-corrected chi connectivity index (χ2v) is 4.95. The highest BCUT2D eigenvalue weighted by Gasteiger charge is 2.25. The minimum atomic E-state index is -4.46. The van der Waals surface area contributed by atoms with Gasteiger partial charge in [0.25, 0.3) is 10.0 Å². The first-order chi connectivity index (χ1) is 8.94. The van der Waals surface area contributed by atoms with Crippen molar-refractivity contribution in [1.29, 1.82) is 0 Å². The van der Waals surface area contributed by atoms with Crippen LogP contribution in [0.1, 0.15) is 0 Å². The van der Waals surface area contributed by atoms with Gasteiger partial charge in [-0.15, -0.1) is 5.10 Å². The number of aromatic amines is 1. The summed E-state index contributed by atoms with van der Waals surface area (Å²) in [5.41, 5.74) is 0. The molecule has 1 aromatic heterocycles. The van der Waals surface area contributed by atoms with Crippen LogP contribution in [-0.4, -0.2) is 30.7 Å². The Hall–Kier alpha value is -2.23. The highest BCUT2D eigenvalue weighted by atomic mass is 32.2. The first kappa shape index (κ1) is 13.2. The molecule has 0 spiro atoms. The topological polar surface area (TPSA) is 97.0 Å². The average Bonchev–Trinajstić information content (AvgIpc) is 2.75. The standard InChI is InChI=1S/C9H8F2N4O3S/c1-18-9-12-8(13-14-9)15-19(16,17)7-5(10)3-2-4-6(7)11/h2-4H,1H3,(H2,12,13,14,15). The number of hydrogen-bond donors (Lipinski definition) is 2. The van der Waals surface area contributed by atoms with E-state index < -0.39 is 26.6 Å². The number of aromatic nitrogens is 3. The van der Waals surface area contributed by atoms with Gasteiger partial charge in [-0.1, -0.05) is 6.07 Å². The summed E-state index contributed by atoms with van der Waals surface area (Å²) in [7, 11) is -3.18. The summed E-state index contributed by atoms with van der Waals surface area (Å²) < 4.78 is 56.9. The fourth-order valence-corrected chi connectivity index (χ4v) is 2.40. The molecular formula is C9H8F2N4O3S. The number of ether oxygens (including phenoxy) is 1. The van der Waals surface area contributed by atoms with E-state index in [-0.39, 0.29) is 12.0 Å². The summed E-state index contributed by atoms with van der Waals surface area (Å²) in [4.78, 5) is 2.48. The van der Waals surface area contributed by atoms with Crippen molar-refractivity contribution in [2.24, 2.45) is 0 Å². The quantitative estimate of drug-likeness (QED) is 0.871. The van der Waals surface area contributed by atoms with Gasteiger partial charge in [0.05, 0.1) is 7.11 Å². The Kier molecular flexibility index (Phi) is 3.34. The number of nitrogens with zero attached hydrogens (tertiary/aromatic N) is 2. The third-order valence-electron chi connectivity index (χ3n) is 2.07. The summed E-state index contributed by atoms with van der Waals surface area (Å²) in [5.74, 6) is -2.74. The van der Waals surface area contributed by atoms with Crippen LogP contribution in [0.3, 0.4) is 0 Å². The Morgan fingerprint density at radius 2 is 1.95 bits per heavy atom. The molecule has 0 bridgehead atoms. The van der Waals surface area contributed by atoms with Gasteiger partial charge >= 0.3 is 6.01 Å². The van der Waals surface area contributed by atoms with E-state index >= 15 is 0 Å². The van der Waals surface area contributed by atoms with E-state index in [1.54, 1.807) is 0 Å². The van der Waals surface area contributed by atoms with Gasteiger partial charge in [-0.2, -0.15) is 4.98 Å². The Labute approximate surface area is 106 Å². The Morgan fingerprint density at radius 1 is 1.32 bits per heavy atom. The largest absolute Gasteiger partial charge is 0.466 e. The lowest BCUT2D eigenvalue weighted by molar-refractivity contribution is 0.382. The van der Waals surface area contributed by atoms with E-state index in [2.05, 4.69) is 19.9 Å². The summed E-state index contributed by atoms with van der Waals surface area (Å²) >= 11 is 0. The van der Waals surface area contributed by atoms with Crippen LogP contribution in [0.25, 0.3) is 0 Å². The second-order valence-electron chi connectivity index (χ2n) is 3.33. The van der Waals surface area contributed by atoms with Gasteiger partial charge in [-0.05, 0) is 12.1 Å². The number of halogens is 2. The molecule has 0 saturated heterocycles. The van der Waals surface area contributed by atoms with E-state index in [0.29, 0.717) is 0 Å². The molecule has 0 fully saturated rings. The molecule has 19 heavy (non-hydrogen) atoms. The normalized spacial score (nSPS) is 11.3. The molecule has 0 aliphatic rings. The molecule has 0 atom stereocenters. The number of H-pyrrole nitrogens is 1. The Morgan fingerprint density at radius 3 is 2.47 bits per heavy atom. The van der Waals surface area contributed by atoms with Crippen molar-refractivity contribution in [3.63, 3.8) is 0 Å². The molecule has 0 radical (unpaired) electrons. The first-order valence-electron chi connectivity index (χ1n) is 4.87. The molecule has 102 valence electrons. The lowest BCUT2D eigenvalue weighted by atomic mass is 10.3. The Balaban J connectivity index is 2.38. The molecule has 10 heteroatoms. The number of benzene rings is 1. The van der Waals surface area contributed by atoms with E-state index in [1.165, 1.54) is 7.11 Å². The van der Waals surface area contributed by atoms with Crippen molar-refractivity contribution in [3.8, 4) is 6.01 Å². The molecule has 0 aliphatic carbocycles. The average molecular weight is 290 g/mol. The molecule has 7 nitrogen and oxygen atoms in total. The second kappa shape index (κ2) is 4.80. The van der Waals surface area contributed by atoms with Gasteiger partial charge in [-0.3, -0.25) is 0 Å². The maximum absolute atomic E-state index is 13.4. The van der Waals surface area contributed by atoms with E-state index in [0.717, 1.165) is 18.2 Å². The van der Waals surface area contributed by atoms with Gasteiger partial charge in [0.2, 0.25) is 5.95 Å². The van der Waals surface area contributed by atoms with Gasteiger partial charge < -0.3 is 4.74 Å². The molecule has 1 aromatic carbocycles. The van der Waals surface area contributed by atoms with Crippen LogP contribution in [0.15, 0.2) is 23.1 Å². The molecule has 2 rings (SSSR count). The molecule has 0 amide bonds. The van der Waals surface area contributed by atoms with Crippen LogP contribution in [0.2, 0.25) is 0 Å². The number of rotatable bonds is 4. The smallest absolute Gasteiger partial charge is 0.336 e. The number of nitrogens with one attached hydrogen (secondary N) is 2. The molecule has 0 saturated carbocycles. The maximum Gasteiger partial charge on any atom is 0.336 e. The van der Waals surface area contributed by atoms with Gasteiger partial charge in [0.1, 0.15) is 11.6 Å². The summed E-state index contributed by atoms with van der Waals surface area (Å²) in [6.45, 7) is 0. The molecular weight excluding hydrogens is 282 g/mol. The Bertz CT molecular complexity index is 681. The van der Waals surface area contributed by atoms with Crippen LogP contribution in [0, 0.1) is 11.6 Å². The highest BCUT2D eigenvalue weighted by Crippen LogP contribution is 2.20. The van der Waals surface area contributed by atoms with E-state index in [9.17, 15) is 17.2 Å². The lowest BCUT2D eigenvalue weighted by Crippen LogP contribution is -2.17. The first-order valence-corrected chi connectivity index (χ1v) is 6.35. The number of hydrogen-bond acceptors (Lipinski definition) is 5. The molecule has 1 heterocycles. The fourth-order valence-electron chi connectivity index (χ4n) is 1.30. The zero-order chi connectivity index (χ0) is 14.0. The van der Waals surface area contributed by atoms with Crippen molar-refractivity contribution in [2.75, 3.05) is 11.8 Å². The van der Waals surface area contributed by atoms with Crippen LogP contribution in [0.5, 0.6) is 6.01 Å². The minimum Gasteiger partial charge on any atom is -0.466 e. The predicted molar refractivity (Wildman–Crippen MR) is 60.1 cm³/mol. The molecule has 2 aromatic rings. The van der Waals surface area contributed by atoms with Crippen molar-refractivity contribution in [3.05, 3.63) is 29.8 Å². The van der Waals surface area contributed by atoms with Gasteiger partial charge in [0, 0.05) is 0 Å². The third kappa shape index (κ3) is 2.62. The summed E-state index contributed by atoms with van der Waals surface area (Å²) in [5, 5.41) is 5.68. The maximum atomic E-state index is 13.4. The molecule has 0 unspecified atom stereocenters. The van der Waals surface area contributed by atoms with E-state index in [1.807, 2.05) is 4.72 Å². The summed E-state index contributed by atoms with van der Waals surface area (Å²) in [6.07, 6.45) is 0. The van der Waals surface area contributed by atoms with Crippen LogP contribution >= 0.6 is 0 Å². The van der Waals surface area contributed by atoms with Crippen molar-refractivity contribution in [1.82, 2.24) is 15.2 Å². The number of methoxy groups -OCH3 is 1. The zero-order valence-corrected chi connectivity index (χ0v) is 10.3. The third-order valence-corrected chi connectivity index (χ3v) is 3.46. The van der Waals surface area contributed by atoms with E-state index in [4.69, 9.17) is 0 Å². The van der Waals surface area contributed by atoms with Gasteiger partial charge in [-0.25, -0.2) is 27.0 Å². The van der Waals surface area contributed by atoms with Crippen LogP contribution < -0.4 is 9.46 Å². The minimum absolute atomic E-state index is 0.119. The van der Waals surface area contributed by atoms with Crippen LogP contribution in [0.4, 0.5) is 14.7 Å². The molecule has 2 N–H and O–H groups in total.